The average Bonchev–Trinajstić information content (AvgIpc) is 2.62. The minimum atomic E-state index is 0.0153. The number of aromatic nitrogens is 2. The van der Waals surface area contributed by atoms with E-state index >= 15 is 0 Å². The number of nitrogens with zero attached hydrogens (tertiary/aromatic N) is 3. The van der Waals surface area contributed by atoms with Crippen LogP contribution in [0, 0.1) is 0 Å². The van der Waals surface area contributed by atoms with Crippen molar-refractivity contribution in [3.63, 3.8) is 0 Å². The second kappa shape index (κ2) is 7.19. The molecule has 6 nitrogen and oxygen atoms in total. The topological polar surface area (TPSA) is 67.4 Å². The second-order valence-electron chi connectivity index (χ2n) is 5.57. The van der Waals surface area contributed by atoms with E-state index in [1.807, 2.05) is 24.1 Å². The minimum absolute atomic E-state index is 0.0153. The quantitative estimate of drug-likeness (QED) is 0.936. The van der Waals surface area contributed by atoms with E-state index in [-0.39, 0.29) is 11.9 Å². The molecule has 0 bridgehead atoms. The van der Waals surface area contributed by atoms with Gasteiger partial charge in [-0.1, -0.05) is 6.07 Å². The highest BCUT2D eigenvalue weighted by molar-refractivity contribution is 5.94. The first kappa shape index (κ1) is 15.4. The largest absolute Gasteiger partial charge is 0.437 e. The van der Waals surface area contributed by atoms with Gasteiger partial charge in [-0.3, -0.25) is 9.78 Å². The molecule has 3 rings (SSSR count). The molecule has 1 amide bonds. The molecule has 1 fully saturated rings. The van der Waals surface area contributed by atoms with Crippen LogP contribution in [-0.4, -0.2) is 47.0 Å². The molecule has 0 spiro atoms. The lowest BCUT2D eigenvalue weighted by Gasteiger charge is -2.31. The van der Waals surface area contributed by atoms with Crippen molar-refractivity contribution in [3.05, 3.63) is 48.4 Å². The fourth-order valence-electron chi connectivity index (χ4n) is 2.71. The molecule has 120 valence electrons. The van der Waals surface area contributed by atoms with Gasteiger partial charge in [-0.2, -0.15) is 0 Å². The van der Waals surface area contributed by atoms with Crippen LogP contribution in [0.3, 0.4) is 0 Å². The van der Waals surface area contributed by atoms with E-state index in [9.17, 15) is 4.79 Å². The standard InChI is InChI=1S/C17H20N4O2/c1-21(14-5-7-18-8-6-14)17(22)13-3-2-4-15(11-13)23-16-12-19-9-10-20-16/h2-4,9-12,14,18H,5-8H2,1H3. The van der Waals surface area contributed by atoms with Gasteiger partial charge in [0, 0.05) is 31.0 Å². The number of carbonyl (C=O) groups is 1. The third-order valence-electron chi connectivity index (χ3n) is 4.02. The van der Waals surface area contributed by atoms with Gasteiger partial charge in [0.25, 0.3) is 5.91 Å². The molecule has 0 saturated carbocycles. The van der Waals surface area contributed by atoms with Gasteiger partial charge in [-0.25, -0.2) is 4.98 Å². The Morgan fingerprint density at radius 3 is 2.87 bits per heavy atom. The molecule has 1 N–H and O–H groups in total. The van der Waals surface area contributed by atoms with Crippen molar-refractivity contribution in [2.75, 3.05) is 20.1 Å². The van der Waals surface area contributed by atoms with Gasteiger partial charge in [0.1, 0.15) is 5.75 Å². The van der Waals surface area contributed by atoms with Crippen LogP contribution in [0.1, 0.15) is 23.2 Å². The highest BCUT2D eigenvalue weighted by atomic mass is 16.5. The lowest BCUT2D eigenvalue weighted by atomic mass is 10.0. The predicted molar refractivity (Wildman–Crippen MR) is 86.5 cm³/mol. The van der Waals surface area contributed by atoms with Gasteiger partial charge in [-0.05, 0) is 44.1 Å². The first-order chi connectivity index (χ1) is 11.2. The van der Waals surface area contributed by atoms with Crippen LogP contribution in [-0.2, 0) is 0 Å². The zero-order valence-corrected chi connectivity index (χ0v) is 13.1. The maximum atomic E-state index is 12.7. The summed E-state index contributed by atoms with van der Waals surface area (Å²) in [5.74, 6) is 1.00. The Bertz CT molecular complexity index is 657. The summed E-state index contributed by atoms with van der Waals surface area (Å²) in [6.45, 7) is 1.91. The Labute approximate surface area is 135 Å². The van der Waals surface area contributed by atoms with Crippen LogP contribution >= 0.6 is 0 Å². The van der Waals surface area contributed by atoms with Crippen LogP contribution in [0.2, 0.25) is 0 Å². The lowest BCUT2D eigenvalue weighted by Crippen LogP contribution is -2.43. The van der Waals surface area contributed by atoms with Crippen LogP contribution < -0.4 is 10.1 Å². The molecule has 1 saturated heterocycles. The van der Waals surface area contributed by atoms with Gasteiger partial charge in [-0.15, -0.1) is 0 Å². The number of ether oxygens (including phenoxy) is 1. The Balaban J connectivity index is 1.72. The summed E-state index contributed by atoms with van der Waals surface area (Å²) in [5, 5.41) is 3.31. The number of hydrogen-bond acceptors (Lipinski definition) is 5. The molecule has 0 atom stereocenters. The van der Waals surface area contributed by atoms with Crippen LogP contribution in [0.5, 0.6) is 11.6 Å². The lowest BCUT2D eigenvalue weighted by molar-refractivity contribution is 0.0703. The molecule has 23 heavy (non-hydrogen) atoms. The van der Waals surface area contributed by atoms with Crippen molar-refractivity contribution in [3.8, 4) is 11.6 Å². The number of benzene rings is 1. The summed E-state index contributed by atoms with van der Waals surface area (Å²) in [6.07, 6.45) is 6.65. The summed E-state index contributed by atoms with van der Waals surface area (Å²) >= 11 is 0. The zero-order chi connectivity index (χ0) is 16.1. The maximum absolute atomic E-state index is 12.7. The fourth-order valence-corrected chi connectivity index (χ4v) is 2.71. The molecule has 1 aromatic heterocycles. The predicted octanol–water partition coefficient (Wildman–Crippen LogP) is 2.09. The average molecular weight is 312 g/mol. The molecule has 2 heterocycles. The maximum Gasteiger partial charge on any atom is 0.253 e. The van der Waals surface area contributed by atoms with E-state index in [4.69, 9.17) is 4.74 Å². The second-order valence-corrected chi connectivity index (χ2v) is 5.57. The number of carbonyl (C=O) groups excluding carboxylic acids is 1. The van der Waals surface area contributed by atoms with E-state index in [0.29, 0.717) is 17.2 Å². The SMILES string of the molecule is CN(C(=O)c1cccc(Oc2cnccn2)c1)C1CCNCC1. The Morgan fingerprint density at radius 2 is 2.13 bits per heavy atom. The molecule has 6 heteroatoms. The molecule has 0 unspecified atom stereocenters. The fraction of sp³-hybridized carbons (Fsp3) is 0.353. The van der Waals surface area contributed by atoms with E-state index in [2.05, 4.69) is 15.3 Å². The summed E-state index contributed by atoms with van der Waals surface area (Å²) < 4.78 is 5.64. The Kier molecular flexibility index (Phi) is 4.83. The Hall–Kier alpha value is -2.47. The highest BCUT2D eigenvalue weighted by Gasteiger charge is 2.23. The summed E-state index contributed by atoms with van der Waals surface area (Å²) in [6, 6.07) is 7.46. The first-order valence-corrected chi connectivity index (χ1v) is 7.76. The Morgan fingerprint density at radius 1 is 1.30 bits per heavy atom. The van der Waals surface area contributed by atoms with E-state index < -0.39 is 0 Å². The highest BCUT2D eigenvalue weighted by Crippen LogP contribution is 2.21. The molecule has 2 aromatic rings. The zero-order valence-electron chi connectivity index (χ0n) is 13.1. The number of rotatable bonds is 4. The normalized spacial score (nSPS) is 15.2. The van der Waals surface area contributed by atoms with Crippen molar-refractivity contribution < 1.29 is 9.53 Å². The third kappa shape index (κ3) is 3.84. The van der Waals surface area contributed by atoms with Gasteiger partial charge < -0.3 is 15.0 Å². The van der Waals surface area contributed by atoms with Gasteiger partial charge >= 0.3 is 0 Å². The van der Waals surface area contributed by atoms with Gasteiger partial charge in [0.05, 0.1) is 6.20 Å². The molecule has 1 aliphatic rings. The van der Waals surface area contributed by atoms with Crippen LogP contribution in [0.25, 0.3) is 0 Å². The van der Waals surface area contributed by atoms with E-state index in [0.717, 1.165) is 25.9 Å². The molecular formula is C17H20N4O2. The number of nitrogens with one attached hydrogen (secondary N) is 1. The monoisotopic (exact) mass is 312 g/mol. The van der Waals surface area contributed by atoms with Crippen molar-refractivity contribution in [2.24, 2.45) is 0 Å². The number of piperidine rings is 1. The van der Waals surface area contributed by atoms with Gasteiger partial charge in [0.2, 0.25) is 5.88 Å². The van der Waals surface area contributed by atoms with E-state index in [1.54, 1.807) is 24.5 Å². The summed E-state index contributed by atoms with van der Waals surface area (Å²) in [4.78, 5) is 22.5. The molecule has 0 radical (unpaired) electrons. The van der Waals surface area contributed by atoms with E-state index in [1.165, 1.54) is 6.20 Å². The molecule has 0 aliphatic carbocycles. The van der Waals surface area contributed by atoms with Crippen molar-refractivity contribution in [2.45, 2.75) is 18.9 Å². The molecule has 1 aromatic carbocycles. The molecular weight excluding hydrogens is 292 g/mol. The molecule has 1 aliphatic heterocycles. The first-order valence-electron chi connectivity index (χ1n) is 7.76. The minimum Gasteiger partial charge on any atom is -0.437 e. The number of amides is 1. The van der Waals surface area contributed by atoms with Crippen LogP contribution in [0.15, 0.2) is 42.9 Å². The third-order valence-corrected chi connectivity index (χ3v) is 4.02. The smallest absolute Gasteiger partial charge is 0.253 e. The summed E-state index contributed by atoms with van der Waals surface area (Å²) in [5.41, 5.74) is 0.618. The van der Waals surface area contributed by atoms with Crippen molar-refractivity contribution in [1.29, 1.82) is 0 Å². The number of hydrogen-bond donors (Lipinski definition) is 1. The van der Waals surface area contributed by atoms with Crippen molar-refractivity contribution in [1.82, 2.24) is 20.2 Å². The van der Waals surface area contributed by atoms with Gasteiger partial charge in [0.15, 0.2) is 0 Å². The van der Waals surface area contributed by atoms with Crippen LogP contribution in [0.4, 0.5) is 0 Å². The van der Waals surface area contributed by atoms with Crippen molar-refractivity contribution >= 4 is 5.91 Å². The summed E-state index contributed by atoms with van der Waals surface area (Å²) in [7, 11) is 1.87.